The van der Waals surface area contributed by atoms with E-state index in [0.717, 1.165) is 12.8 Å². The molecule has 2 amide bonds. The zero-order valence-electron chi connectivity index (χ0n) is 11.0. The number of aliphatic hydroxyl groups excluding tert-OH is 1. The third-order valence-electron chi connectivity index (χ3n) is 2.39. The molecule has 0 heterocycles. The number of likely N-dealkylation sites (N-methyl/N-ethyl adjacent to an activating group) is 1. The van der Waals surface area contributed by atoms with E-state index in [1.807, 2.05) is 13.8 Å². The van der Waals surface area contributed by atoms with Gasteiger partial charge >= 0.3 is 0 Å². The minimum Gasteiger partial charge on any atom is -0.389 e. The van der Waals surface area contributed by atoms with E-state index in [1.165, 1.54) is 4.90 Å². The lowest BCUT2D eigenvalue weighted by Gasteiger charge is -2.21. The van der Waals surface area contributed by atoms with Crippen LogP contribution in [-0.2, 0) is 9.59 Å². The highest BCUT2D eigenvalue weighted by Gasteiger charge is 2.13. The van der Waals surface area contributed by atoms with Gasteiger partial charge in [-0.2, -0.15) is 0 Å². The fraction of sp³-hybridized carbons (Fsp3) is 0.833. The van der Waals surface area contributed by atoms with Gasteiger partial charge in [0.05, 0.1) is 6.10 Å². The van der Waals surface area contributed by atoms with Gasteiger partial charge in [-0.1, -0.05) is 13.8 Å². The highest BCUT2D eigenvalue weighted by Crippen LogP contribution is 1.96. The molecule has 0 aromatic carbocycles. The smallest absolute Gasteiger partial charge is 0.222 e. The summed E-state index contributed by atoms with van der Waals surface area (Å²) < 4.78 is 0. The summed E-state index contributed by atoms with van der Waals surface area (Å²) in [6.45, 7) is 4.31. The molecule has 0 saturated carbocycles. The molecule has 0 aromatic rings. The average molecular weight is 244 g/mol. The quantitative estimate of drug-likeness (QED) is 0.654. The molecule has 0 fully saturated rings. The van der Waals surface area contributed by atoms with Crippen LogP contribution in [-0.4, -0.2) is 48.1 Å². The summed E-state index contributed by atoms with van der Waals surface area (Å²) in [4.78, 5) is 24.1. The summed E-state index contributed by atoms with van der Waals surface area (Å²) in [5, 5.41) is 12.3. The average Bonchev–Trinajstić information content (AvgIpc) is 2.27. The summed E-state index contributed by atoms with van der Waals surface area (Å²) >= 11 is 0. The topological polar surface area (TPSA) is 69.6 Å². The minimum absolute atomic E-state index is 0.0198. The van der Waals surface area contributed by atoms with Gasteiger partial charge < -0.3 is 15.3 Å². The summed E-state index contributed by atoms with van der Waals surface area (Å²) in [7, 11) is 1.66. The molecule has 0 saturated heterocycles. The normalized spacial score (nSPS) is 12.0. The summed E-state index contributed by atoms with van der Waals surface area (Å²) in [5.74, 6) is -0.0412. The standard InChI is InChI=1S/C12H24N2O3/c1-4-6-11(16)13-8-10(15)9-14(3)12(17)7-5-2/h10,15H,4-9H2,1-3H3,(H,13,16). The van der Waals surface area contributed by atoms with Gasteiger partial charge in [0.2, 0.25) is 11.8 Å². The Bertz CT molecular complexity index is 244. The number of hydrogen-bond donors (Lipinski definition) is 2. The number of nitrogens with zero attached hydrogens (tertiary/aromatic N) is 1. The fourth-order valence-electron chi connectivity index (χ4n) is 1.43. The minimum atomic E-state index is -0.707. The van der Waals surface area contributed by atoms with Gasteiger partial charge in [0.25, 0.3) is 0 Å². The van der Waals surface area contributed by atoms with Crippen LogP contribution in [0, 0.1) is 0 Å². The van der Waals surface area contributed by atoms with E-state index in [4.69, 9.17) is 0 Å². The number of rotatable bonds is 8. The molecular formula is C12H24N2O3. The lowest BCUT2D eigenvalue weighted by molar-refractivity contribution is -0.131. The molecule has 17 heavy (non-hydrogen) atoms. The van der Waals surface area contributed by atoms with Crippen LogP contribution in [0.5, 0.6) is 0 Å². The Morgan fingerprint density at radius 3 is 2.35 bits per heavy atom. The SMILES string of the molecule is CCCC(=O)NCC(O)CN(C)C(=O)CCC. The van der Waals surface area contributed by atoms with Gasteiger partial charge in [0, 0.05) is 33.0 Å². The third-order valence-corrected chi connectivity index (χ3v) is 2.39. The van der Waals surface area contributed by atoms with Crippen LogP contribution in [0.4, 0.5) is 0 Å². The number of nitrogens with one attached hydrogen (secondary N) is 1. The molecule has 0 bridgehead atoms. The summed E-state index contributed by atoms with van der Waals surface area (Å²) in [5.41, 5.74) is 0. The largest absolute Gasteiger partial charge is 0.389 e. The van der Waals surface area contributed by atoms with E-state index in [2.05, 4.69) is 5.32 Å². The van der Waals surface area contributed by atoms with E-state index in [-0.39, 0.29) is 24.9 Å². The van der Waals surface area contributed by atoms with Crippen LogP contribution >= 0.6 is 0 Å². The second-order valence-electron chi connectivity index (χ2n) is 4.23. The van der Waals surface area contributed by atoms with Crippen molar-refractivity contribution < 1.29 is 14.7 Å². The van der Waals surface area contributed by atoms with E-state index in [1.54, 1.807) is 7.05 Å². The maximum absolute atomic E-state index is 11.4. The Morgan fingerprint density at radius 1 is 1.24 bits per heavy atom. The first-order valence-corrected chi connectivity index (χ1v) is 6.19. The number of amides is 2. The number of hydrogen-bond acceptors (Lipinski definition) is 3. The molecule has 0 aliphatic heterocycles. The first kappa shape index (κ1) is 15.9. The molecule has 5 heteroatoms. The maximum Gasteiger partial charge on any atom is 0.222 e. The lowest BCUT2D eigenvalue weighted by atomic mass is 10.2. The predicted molar refractivity (Wildman–Crippen MR) is 66.5 cm³/mol. The Morgan fingerprint density at radius 2 is 1.82 bits per heavy atom. The molecule has 100 valence electrons. The molecule has 0 aliphatic carbocycles. The van der Waals surface area contributed by atoms with E-state index >= 15 is 0 Å². The number of aliphatic hydroxyl groups is 1. The van der Waals surface area contributed by atoms with Crippen molar-refractivity contribution in [3.63, 3.8) is 0 Å². The Balaban J connectivity index is 3.81. The van der Waals surface area contributed by atoms with Crippen LogP contribution in [0.2, 0.25) is 0 Å². The van der Waals surface area contributed by atoms with Crippen molar-refractivity contribution in [3.05, 3.63) is 0 Å². The molecule has 2 N–H and O–H groups in total. The van der Waals surface area contributed by atoms with E-state index in [0.29, 0.717) is 12.8 Å². The van der Waals surface area contributed by atoms with Crippen LogP contribution in [0.3, 0.4) is 0 Å². The van der Waals surface area contributed by atoms with Gasteiger partial charge in [0.15, 0.2) is 0 Å². The monoisotopic (exact) mass is 244 g/mol. The zero-order valence-corrected chi connectivity index (χ0v) is 11.0. The fourth-order valence-corrected chi connectivity index (χ4v) is 1.43. The molecule has 0 rings (SSSR count). The Hall–Kier alpha value is -1.10. The first-order valence-electron chi connectivity index (χ1n) is 6.19. The molecular weight excluding hydrogens is 220 g/mol. The molecule has 0 aromatic heterocycles. The maximum atomic E-state index is 11.4. The van der Waals surface area contributed by atoms with Gasteiger partial charge in [0.1, 0.15) is 0 Å². The second kappa shape index (κ2) is 8.98. The number of carbonyl (C=O) groups excluding carboxylic acids is 2. The van der Waals surface area contributed by atoms with Crippen molar-refractivity contribution in [2.75, 3.05) is 20.1 Å². The lowest BCUT2D eigenvalue weighted by Crippen LogP contribution is -2.40. The van der Waals surface area contributed by atoms with Crippen molar-refractivity contribution in [3.8, 4) is 0 Å². The summed E-state index contributed by atoms with van der Waals surface area (Å²) in [6, 6.07) is 0. The highest BCUT2D eigenvalue weighted by atomic mass is 16.3. The van der Waals surface area contributed by atoms with Crippen molar-refractivity contribution in [1.82, 2.24) is 10.2 Å². The Kier molecular flexibility index (Phi) is 8.40. The van der Waals surface area contributed by atoms with Crippen LogP contribution < -0.4 is 5.32 Å². The Labute approximate surface area is 103 Å². The van der Waals surface area contributed by atoms with Crippen LogP contribution in [0.25, 0.3) is 0 Å². The van der Waals surface area contributed by atoms with Gasteiger partial charge in [-0.15, -0.1) is 0 Å². The second-order valence-corrected chi connectivity index (χ2v) is 4.23. The van der Waals surface area contributed by atoms with E-state index < -0.39 is 6.10 Å². The molecule has 1 atom stereocenters. The van der Waals surface area contributed by atoms with Crippen molar-refractivity contribution in [1.29, 1.82) is 0 Å². The third kappa shape index (κ3) is 7.74. The molecule has 0 aliphatic rings. The number of carbonyl (C=O) groups is 2. The predicted octanol–water partition coefficient (Wildman–Crippen LogP) is 0.522. The van der Waals surface area contributed by atoms with Crippen molar-refractivity contribution in [2.24, 2.45) is 0 Å². The van der Waals surface area contributed by atoms with E-state index in [9.17, 15) is 14.7 Å². The van der Waals surface area contributed by atoms with Gasteiger partial charge in [-0.3, -0.25) is 9.59 Å². The zero-order chi connectivity index (χ0) is 13.3. The van der Waals surface area contributed by atoms with Gasteiger partial charge in [-0.05, 0) is 12.8 Å². The summed E-state index contributed by atoms with van der Waals surface area (Å²) in [6.07, 6.45) is 1.84. The molecule has 0 radical (unpaired) electrons. The van der Waals surface area contributed by atoms with Crippen LogP contribution in [0.15, 0.2) is 0 Å². The van der Waals surface area contributed by atoms with Crippen LogP contribution in [0.1, 0.15) is 39.5 Å². The molecule has 5 nitrogen and oxygen atoms in total. The van der Waals surface area contributed by atoms with Crippen molar-refractivity contribution >= 4 is 11.8 Å². The van der Waals surface area contributed by atoms with Gasteiger partial charge in [-0.25, -0.2) is 0 Å². The van der Waals surface area contributed by atoms with Crippen molar-refractivity contribution in [2.45, 2.75) is 45.6 Å². The first-order chi connectivity index (χ1) is 8.01. The molecule has 1 unspecified atom stereocenters. The molecule has 0 spiro atoms. The highest BCUT2D eigenvalue weighted by molar-refractivity contribution is 5.76.